The van der Waals surface area contributed by atoms with E-state index in [1.165, 1.54) is 4.68 Å². The van der Waals surface area contributed by atoms with E-state index in [-0.39, 0.29) is 5.56 Å². The van der Waals surface area contributed by atoms with E-state index in [0.717, 1.165) is 22.3 Å². The van der Waals surface area contributed by atoms with Crippen LogP contribution in [0.25, 0.3) is 33.4 Å². The van der Waals surface area contributed by atoms with Crippen LogP contribution in [-0.2, 0) is 14.1 Å². The van der Waals surface area contributed by atoms with Gasteiger partial charge in [0.25, 0.3) is 5.56 Å². The summed E-state index contributed by atoms with van der Waals surface area (Å²) in [6, 6.07) is 12.5. The van der Waals surface area contributed by atoms with Crippen LogP contribution in [0.4, 0.5) is 0 Å². The van der Waals surface area contributed by atoms with Gasteiger partial charge in [-0.1, -0.05) is 18.2 Å². The average molecular weight is 359 g/mol. The number of fused-ring (bicyclic) bond motifs is 1. The Hall–Kier alpha value is -3.74. The lowest BCUT2D eigenvalue weighted by atomic mass is 9.99. The van der Waals surface area contributed by atoms with Gasteiger partial charge in [-0.15, -0.1) is 0 Å². The fourth-order valence-corrected chi connectivity index (χ4v) is 3.24. The Balaban J connectivity index is 2.01. The number of hydrogen-bond acceptors (Lipinski definition) is 4. The Morgan fingerprint density at radius 1 is 0.926 bits per heavy atom. The van der Waals surface area contributed by atoms with Crippen LogP contribution in [0.5, 0.6) is 0 Å². The van der Waals surface area contributed by atoms with Gasteiger partial charge in [0.1, 0.15) is 0 Å². The van der Waals surface area contributed by atoms with Gasteiger partial charge in [0, 0.05) is 37.6 Å². The zero-order valence-corrected chi connectivity index (χ0v) is 14.9. The van der Waals surface area contributed by atoms with Gasteiger partial charge in [-0.2, -0.15) is 0 Å². The molecule has 134 valence electrons. The molecule has 1 amide bonds. The van der Waals surface area contributed by atoms with E-state index < -0.39 is 5.91 Å². The molecule has 4 rings (SSSR count). The van der Waals surface area contributed by atoms with Crippen LogP contribution in [0.15, 0.2) is 59.7 Å². The zero-order chi connectivity index (χ0) is 19.1. The summed E-state index contributed by atoms with van der Waals surface area (Å²) in [4.78, 5) is 33.1. The summed E-state index contributed by atoms with van der Waals surface area (Å²) in [7, 11) is 3.52. The summed E-state index contributed by atoms with van der Waals surface area (Å²) >= 11 is 0. The van der Waals surface area contributed by atoms with Crippen LogP contribution in [0.2, 0.25) is 0 Å². The van der Waals surface area contributed by atoms with E-state index in [4.69, 9.17) is 5.73 Å². The summed E-state index contributed by atoms with van der Waals surface area (Å²) in [5.41, 5.74) is 9.83. The van der Waals surface area contributed by atoms with Crippen molar-refractivity contribution >= 4 is 16.9 Å². The fourth-order valence-electron chi connectivity index (χ4n) is 3.24. The number of nitrogens with two attached hydrogens (primary N) is 1. The molecule has 0 spiro atoms. The van der Waals surface area contributed by atoms with E-state index in [2.05, 4.69) is 9.97 Å². The topological polar surface area (TPSA) is 95.8 Å². The maximum Gasteiger partial charge on any atom is 0.274 e. The lowest BCUT2D eigenvalue weighted by molar-refractivity contribution is 0.100. The number of hydrogen-bond donors (Lipinski definition) is 1. The van der Waals surface area contributed by atoms with Crippen LogP contribution in [-0.4, -0.2) is 25.2 Å². The summed E-state index contributed by atoms with van der Waals surface area (Å²) in [5, 5.41) is 0. The highest BCUT2D eigenvalue weighted by Gasteiger charge is 2.20. The highest BCUT2D eigenvalue weighted by atomic mass is 16.1. The molecule has 2 N–H and O–H groups in total. The number of nitrogens with zero attached hydrogens (tertiary/aromatic N) is 4. The summed E-state index contributed by atoms with van der Waals surface area (Å²) in [6.45, 7) is 0. The molecule has 0 atom stereocenters. The number of primary amides is 1. The minimum Gasteiger partial charge on any atom is -0.366 e. The molecule has 0 unspecified atom stereocenters. The van der Waals surface area contributed by atoms with Crippen molar-refractivity contribution in [3.8, 4) is 22.4 Å². The Morgan fingerprint density at radius 2 is 1.67 bits per heavy atom. The van der Waals surface area contributed by atoms with Gasteiger partial charge < -0.3 is 5.73 Å². The Kier molecular flexibility index (Phi) is 3.84. The van der Waals surface area contributed by atoms with Crippen molar-refractivity contribution in [3.63, 3.8) is 0 Å². The Labute approximate surface area is 154 Å². The number of amides is 1. The van der Waals surface area contributed by atoms with Crippen molar-refractivity contribution in [1.82, 2.24) is 19.3 Å². The lowest BCUT2D eigenvalue weighted by Gasteiger charge is -2.09. The third-order valence-corrected chi connectivity index (χ3v) is 4.70. The van der Waals surface area contributed by atoms with Crippen molar-refractivity contribution in [1.29, 1.82) is 0 Å². The van der Waals surface area contributed by atoms with Crippen molar-refractivity contribution in [2.24, 2.45) is 19.8 Å². The zero-order valence-electron chi connectivity index (χ0n) is 14.9. The first-order chi connectivity index (χ1) is 13.0. The number of rotatable bonds is 3. The predicted octanol–water partition coefficient (Wildman–Crippen LogP) is 2.10. The Morgan fingerprint density at radius 3 is 2.41 bits per heavy atom. The third-order valence-electron chi connectivity index (χ3n) is 4.70. The molecule has 27 heavy (non-hydrogen) atoms. The molecule has 7 heteroatoms. The van der Waals surface area contributed by atoms with E-state index in [9.17, 15) is 9.59 Å². The molecule has 0 aliphatic rings. The van der Waals surface area contributed by atoms with Gasteiger partial charge in [-0.3, -0.25) is 28.9 Å². The van der Waals surface area contributed by atoms with Gasteiger partial charge in [-0.25, -0.2) is 0 Å². The quantitative estimate of drug-likeness (QED) is 0.606. The molecule has 4 aromatic rings. The standard InChI is InChI=1S/C20H17N5O2/c1-24-18(13-6-7-15-16(11-13)23-9-8-22-15)17(20(27)25(24)2)12-4-3-5-14(10-12)19(21)26/h3-11H,1-2H3,(H2,21,26). The number of benzene rings is 2. The molecular formula is C20H17N5O2. The van der Waals surface area contributed by atoms with Gasteiger partial charge in [-0.05, 0) is 29.8 Å². The fraction of sp³-hybridized carbons (Fsp3) is 0.100. The maximum absolute atomic E-state index is 12.9. The van der Waals surface area contributed by atoms with E-state index in [0.29, 0.717) is 16.7 Å². The van der Waals surface area contributed by atoms with Crippen LogP contribution in [0.1, 0.15) is 10.4 Å². The van der Waals surface area contributed by atoms with E-state index in [1.54, 1.807) is 48.4 Å². The number of aromatic nitrogens is 4. The first kappa shape index (κ1) is 16.7. The normalized spacial score (nSPS) is 11.0. The second-order valence-corrected chi connectivity index (χ2v) is 6.28. The first-order valence-corrected chi connectivity index (χ1v) is 8.34. The summed E-state index contributed by atoms with van der Waals surface area (Å²) in [6.07, 6.45) is 3.27. The molecule has 0 aliphatic heterocycles. The van der Waals surface area contributed by atoms with Gasteiger partial charge in [0.15, 0.2) is 0 Å². The Bertz CT molecular complexity index is 1250. The van der Waals surface area contributed by atoms with Crippen molar-refractivity contribution < 1.29 is 4.79 Å². The molecule has 0 aliphatic carbocycles. The molecule has 7 nitrogen and oxygen atoms in total. The maximum atomic E-state index is 12.9. The van der Waals surface area contributed by atoms with E-state index >= 15 is 0 Å². The molecular weight excluding hydrogens is 342 g/mol. The molecule has 0 bridgehead atoms. The smallest absolute Gasteiger partial charge is 0.274 e. The second kappa shape index (κ2) is 6.21. The highest BCUT2D eigenvalue weighted by molar-refractivity contribution is 5.95. The van der Waals surface area contributed by atoms with Gasteiger partial charge >= 0.3 is 0 Å². The van der Waals surface area contributed by atoms with Crippen molar-refractivity contribution in [2.75, 3.05) is 0 Å². The molecule has 2 aromatic carbocycles. The average Bonchev–Trinajstić information content (AvgIpc) is 2.91. The highest BCUT2D eigenvalue weighted by Crippen LogP contribution is 2.31. The van der Waals surface area contributed by atoms with Gasteiger partial charge in [0.2, 0.25) is 5.91 Å². The van der Waals surface area contributed by atoms with Gasteiger partial charge in [0.05, 0.1) is 22.3 Å². The minimum absolute atomic E-state index is 0.159. The molecule has 0 fully saturated rings. The predicted molar refractivity (Wildman–Crippen MR) is 103 cm³/mol. The summed E-state index contributed by atoms with van der Waals surface area (Å²) in [5.74, 6) is -0.535. The van der Waals surface area contributed by atoms with Crippen molar-refractivity contribution in [2.45, 2.75) is 0 Å². The molecule has 0 radical (unpaired) electrons. The molecule has 2 heterocycles. The molecule has 2 aromatic heterocycles. The molecule has 0 saturated carbocycles. The first-order valence-electron chi connectivity index (χ1n) is 8.34. The van der Waals surface area contributed by atoms with Crippen LogP contribution < -0.4 is 11.3 Å². The van der Waals surface area contributed by atoms with E-state index in [1.807, 2.05) is 25.2 Å². The van der Waals surface area contributed by atoms with Crippen LogP contribution in [0, 0.1) is 0 Å². The van der Waals surface area contributed by atoms with Crippen molar-refractivity contribution in [3.05, 3.63) is 70.8 Å². The largest absolute Gasteiger partial charge is 0.366 e. The summed E-state index contributed by atoms with van der Waals surface area (Å²) < 4.78 is 3.31. The van der Waals surface area contributed by atoms with Crippen LogP contribution in [0.3, 0.4) is 0 Å². The SMILES string of the molecule is Cn1c(-c2ccc3nccnc3c2)c(-c2cccc(C(N)=O)c2)c(=O)n1C. The monoisotopic (exact) mass is 359 g/mol. The number of carbonyl (C=O) groups is 1. The second-order valence-electron chi connectivity index (χ2n) is 6.28. The minimum atomic E-state index is -0.535. The van der Waals surface area contributed by atoms with Crippen LogP contribution >= 0.6 is 0 Å². The molecule has 0 saturated heterocycles. The number of carbonyl (C=O) groups excluding carboxylic acids is 1. The lowest BCUT2D eigenvalue weighted by Crippen LogP contribution is -2.17. The third kappa shape index (κ3) is 2.69.